The molecule has 0 aromatic carbocycles. The minimum Gasteiger partial charge on any atom is -0.306 e. The molecule has 72 valence electrons. The second-order valence-electron chi connectivity index (χ2n) is 4.70. The van der Waals surface area contributed by atoms with Gasteiger partial charge in [0, 0.05) is 0 Å². The first-order chi connectivity index (χ1) is 6.27. The smallest absolute Gasteiger partial charge is 0.0692 e. The molecule has 0 aromatic rings. The van der Waals surface area contributed by atoms with Gasteiger partial charge in [0.1, 0.15) is 0 Å². The maximum absolute atomic E-state index is 9.19. The molecular weight excluding hydrogens is 160 g/mol. The van der Waals surface area contributed by atoms with Gasteiger partial charge in [-0.2, -0.15) is 5.26 Å². The molecule has 2 rings (SSSR count). The molecule has 1 aliphatic heterocycles. The fourth-order valence-corrected chi connectivity index (χ4v) is 2.73. The Morgan fingerprint density at radius 1 is 1.31 bits per heavy atom. The van der Waals surface area contributed by atoms with Crippen molar-refractivity contribution in [2.45, 2.75) is 32.1 Å². The van der Waals surface area contributed by atoms with Gasteiger partial charge in [0.2, 0.25) is 0 Å². The van der Waals surface area contributed by atoms with Crippen LogP contribution in [0.4, 0.5) is 0 Å². The number of likely N-dealkylation sites (tertiary alicyclic amines) is 1. The van der Waals surface area contributed by atoms with Gasteiger partial charge in [0.05, 0.1) is 11.5 Å². The molecule has 1 saturated carbocycles. The molecule has 13 heavy (non-hydrogen) atoms. The summed E-state index contributed by atoms with van der Waals surface area (Å²) < 4.78 is 0. The summed E-state index contributed by atoms with van der Waals surface area (Å²) in [7, 11) is 2.18. The lowest BCUT2D eigenvalue weighted by atomic mass is 9.59. The van der Waals surface area contributed by atoms with E-state index in [0.29, 0.717) is 5.92 Å². The third-order valence-electron chi connectivity index (χ3n) is 3.97. The lowest BCUT2D eigenvalue weighted by Gasteiger charge is -2.45. The molecule has 1 aliphatic carbocycles. The van der Waals surface area contributed by atoms with E-state index >= 15 is 0 Å². The minimum atomic E-state index is 0.0985. The zero-order valence-electron chi connectivity index (χ0n) is 8.42. The number of nitrogens with zero attached hydrogens (tertiary/aromatic N) is 2. The molecule has 2 heteroatoms. The summed E-state index contributed by atoms with van der Waals surface area (Å²) in [4.78, 5) is 2.38. The molecule has 2 aliphatic rings. The predicted octanol–water partition coefficient (Wildman–Crippen LogP) is 2.02. The Balaban J connectivity index is 1.97. The minimum absolute atomic E-state index is 0.0985. The lowest BCUT2D eigenvalue weighted by molar-refractivity contribution is 0.0635. The van der Waals surface area contributed by atoms with Crippen molar-refractivity contribution < 1.29 is 0 Å². The van der Waals surface area contributed by atoms with E-state index in [2.05, 4.69) is 18.0 Å². The Kier molecular flexibility index (Phi) is 2.29. The van der Waals surface area contributed by atoms with E-state index in [9.17, 15) is 5.26 Å². The molecule has 0 spiro atoms. The standard InChI is InChI=1S/C11H18N2/c1-13-7-3-10(4-8-13)11(9-12)5-2-6-11/h10H,2-8H2,1H3. The lowest BCUT2D eigenvalue weighted by Crippen LogP contribution is -2.42. The van der Waals surface area contributed by atoms with E-state index in [4.69, 9.17) is 0 Å². The molecule has 2 fully saturated rings. The van der Waals surface area contributed by atoms with E-state index in [0.717, 1.165) is 12.8 Å². The van der Waals surface area contributed by atoms with Gasteiger partial charge in [-0.15, -0.1) is 0 Å². The first kappa shape index (κ1) is 9.02. The van der Waals surface area contributed by atoms with Crippen LogP contribution in [0.3, 0.4) is 0 Å². The number of piperidine rings is 1. The van der Waals surface area contributed by atoms with Crippen molar-refractivity contribution in [2.75, 3.05) is 20.1 Å². The SMILES string of the molecule is CN1CCC(C2(C#N)CCC2)CC1. The zero-order chi connectivity index (χ0) is 9.31. The average Bonchev–Trinajstić information content (AvgIpc) is 2.07. The highest BCUT2D eigenvalue weighted by molar-refractivity contribution is 5.08. The van der Waals surface area contributed by atoms with Crippen LogP contribution < -0.4 is 0 Å². The Labute approximate surface area is 80.5 Å². The summed E-state index contributed by atoms with van der Waals surface area (Å²) in [5.41, 5.74) is 0.0985. The summed E-state index contributed by atoms with van der Waals surface area (Å²) in [6.07, 6.45) is 6.09. The van der Waals surface area contributed by atoms with E-state index in [1.165, 1.54) is 32.4 Å². The van der Waals surface area contributed by atoms with Crippen LogP contribution in [0.5, 0.6) is 0 Å². The molecule has 0 bridgehead atoms. The van der Waals surface area contributed by atoms with E-state index in [-0.39, 0.29) is 5.41 Å². The number of hydrogen-bond acceptors (Lipinski definition) is 2. The Hall–Kier alpha value is -0.550. The fourth-order valence-electron chi connectivity index (χ4n) is 2.73. The van der Waals surface area contributed by atoms with Crippen LogP contribution in [-0.4, -0.2) is 25.0 Å². The van der Waals surface area contributed by atoms with Crippen LogP contribution in [0.1, 0.15) is 32.1 Å². The third kappa shape index (κ3) is 1.46. The van der Waals surface area contributed by atoms with Crippen molar-refractivity contribution in [2.24, 2.45) is 11.3 Å². The number of nitriles is 1. The van der Waals surface area contributed by atoms with Crippen LogP contribution in [0.25, 0.3) is 0 Å². The van der Waals surface area contributed by atoms with Gasteiger partial charge in [-0.1, -0.05) is 6.42 Å². The second-order valence-corrected chi connectivity index (χ2v) is 4.70. The molecule has 0 N–H and O–H groups in total. The van der Waals surface area contributed by atoms with Gasteiger partial charge < -0.3 is 4.90 Å². The highest BCUT2D eigenvalue weighted by Crippen LogP contribution is 2.49. The van der Waals surface area contributed by atoms with Crippen molar-refractivity contribution in [3.05, 3.63) is 0 Å². The van der Waals surface area contributed by atoms with Crippen LogP contribution >= 0.6 is 0 Å². The summed E-state index contributed by atoms with van der Waals surface area (Å²) in [5, 5.41) is 9.19. The molecular formula is C11H18N2. The van der Waals surface area contributed by atoms with Gasteiger partial charge in [-0.3, -0.25) is 0 Å². The summed E-state index contributed by atoms with van der Waals surface area (Å²) in [5.74, 6) is 0.697. The van der Waals surface area contributed by atoms with Crippen LogP contribution in [0.2, 0.25) is 0 Å². The first-order valence-electron chi connectivity index (χ1n) is 5.37. The molecule has 0 aromatic heterocycles. The van der Waals surface area contributed by atoms with Crippen molar-refractivity contribution in [1.29, 1.82) is 5.26 Å². The summed E-state index contributed by atoms with van der Waals surface area (Å²) in [6, 6.07) is 2.58. The Bertz CT molecular complexity index is 217. The van der Waals surface area contributed by atoms with Gasteiger partial charge in [-0.05, 0) is 51.7 Å². The van der Waals surface area contributed by atoms with Crippen molar-refractivity contribution in [3.63, 3.8) is 0 Å². The number of rotatable bonds is 1. The largest absolute Gasteiger partial charge is 0.306 e. The van der Waals surface area contributed by atoms with Gasteiger partial charge >= 0.3 is 0 Å². The normalized spacial score (nSPS) is 29.2. The fraction of sp³-hybridized carbons (Fsp3) is 0.909. The van der Waals surface area contributed by atoms with E-state index in [1.807, 2.05) is 0 Å². The average molecular weight is 178 g/mol. The monoisotopic (exact) mass is 178 g/mol. The summed E-state index contributed by atoms with van der Waals surface area (Å²) >= 11 is 0. The highest BCUT2D eigenvalue weighted by Gasteiger charge is 2.44. The predicted molar refractivity (Wildman–Crippen MR) is 52.1 cm³/mol. The molecule has 0 amide bonds. The van der Waals surface area contributed by atoms with Gasteiger partial charge in [-0.25, -0.2) is 0 Å². The number of hydrogen-bond donors (Lipinski definition) is 0. The second kappa shape index (κ2) is 3.31. The van der Waals surface area contributed by atoms with Crippen molar-refractivity contribution in [3.8, 4) is 6.07 Å². The van der Waals surface area contributed by atoms with Crippen molar-refractivity contribution >= 4 is 0 Å². The van der Waals surface area contributed by atoms with Crippen molar-refractivity contribution in [1.82, 2.24) is 4.90 Å². The third-order valence-corrected chi connectivity index (χ3v) is 3.97. The maximum atomic E-state index is 9.19. The quantitative estimate of drug-likeness (QED) is 0.614. The Morgan fingerprint density at radius 2 is 1.92 bits per heavy atom. The summed E-state index contributed by atoms with van der Waals surface area (Å²) in [6.45, 7) is 2.38. The maximum Gasteiger partial charge on any atom is 0.0692 e. The Morgan fingerprint density at radius 3 is 2.31 bits per heavy atom. The van der Waals surface area contributed by atoms with E-state index in [1.54, 1.807) is 0 Å². The molecule has 1 heterocycles. The molecule has 0 atom stereocenters. The first-order valence-corrected chi connectivity index (χ1v) is 5.37. The zero-order valence-corrected chi connectivity index (χ0v) is 8.42. The van der Waals surface area contributed by atoms with Crippen LogP contribution in [0.15, 0.2) is 0 Å². The van der Waals surface area contributed by atoms with E-state index < -0.39 is 0 Å². The molecule has 0 unspecified atom stereocenters. The topological polar surface area (TPSA) is 27.0 Å². The van der Waals surface area contributed by atoms with Gasteiger partial charge in [0.15, 0.2) is 0 Å². The highest BCUT2D eigenvalue weighted by atomic mass is 15.1. The molecule has 1 saturated heterocycles. The molecule has 0 radical (unpaired) electrons. The molecule has 2 nitrogen and oxygen atoms in total. The van der Waals surface area contributed by atoms with Crippen LogP contribution in [-0.2, 0) is 0 Å². The van der Waals surface area contributed by atoms with Gasteiger partial charge in [0.25, 0.3) is 0 Å². The van der Waals surface area contributed by atoms with Crippen LogP contribution in [0, 0.1) is 22.7 Å².